The fraction of sp³-hybridized carbons (Fsp3) is 0. The zero-order valence-corrected chi connectivity index (χ0v) is 7.51. The third kappa shape index (κ3) is 3.15. The average molecular weight is 190 g/mol. The number of ether oxygens (including phenoxy) is 1. The molecule has 0 amide bonds. The van der Waals surface area contributed by atoms with Gasteiger partial charge in [0.05, 0.1) is 6.26 Å². The highest BCUT2D eigenvalue weighted by Gasteiger charge is 1.92. The summed E-state index contributed by atoms with van der Waals surface area (Å²) in [6.07, 6.45) is 3.95. The van der Waals surface area contributed by atoms with E-state index in [0.717, 1.165) is 11.8 Å². The molecule has 3 heteroatoms. The first-order valence-corrected chi connectivity index (χ1v) is 4.01. The average Bonchev–Trinajstić information content (AvgIpc) is 2.17. The van der Waals surface area contributed by atoms with Crippen LogP contribution in [0.1, 0.15) is 5.56 Å². The van der Waals surface area contributed by atoms with E-state index in [1.807, 2.05) is 0 Å². The van der Waals surface area contributed by atoms with Gasteiger partial charge in [-0.1, -0.05) is 18.7 Å². The Morgan fingerprint density at radius 1 is 1.36 bits per heavy atom. The van der Waals surface area contributed by atoms with Crippen LogP contribution < -0.4 is 0 Å². The van der Waals surface area contributed by atoms with Crippen LogP contribution in [0.15, 0.2) is 43.2 Å². The molecular weight excluding hydrogens is 180 g/mol. The number of benzene rings is 1. The highest BCUT2D eigenvalue weighted by Crippen LogP contribution is 2.10. The van der Waals surface area contributed by atoms with Gasteiger partial charge in [0.25, 0.3) is 0 Å². The van der Waals surface area contributed by atoms with Crippen molar-refractivity contribution in [2.24, 2.45) is 0 Å². The Kier molecular flexibility index (Phi) is 3.49. The Balaban J connectivity index is 2.64. The van der Waals surface area contributed by atoms with Gasteiger partial charge in [0.1, 0.15) is 5.75 Å². The number of carbonyl (C=O) groups is 1. The van der Waals surface area contributed by atoms with Gasteiger partial charge in [-0.05, 0) is 23.8 Å². The highest BCUT2D eigenvalue weighted by molar-refractivity contribution is 5.87. The van der Waals surface area contributed by atoms with Crippen molar-refractivity contribution in [3.8, 4) is 5.75 Å². The summed E-state index contributed by atoms with van der Waals surface area (Å²) in [4.78, 5) is 10.9. The number of rotatable bonds is 3. The predicted molar refractivity (Wildman–Crippen MR) is 53.4 cm³/mol. The minimum atomic E-state index is -0.479. The van der Waals surface area contributed by atoms with Crippen LogP contribution in [0.3, 0.4) is 0 Å². The first-order valence-electron chi connectivity index (χ1n) is 4.01. The van der Waals surface area contributed by atoms with Gasteiger partial charge in [0.15, 0.2) is 0 Å². The van der Waals surface area contributed by atoms with Crippen LogP contribution >= 0.6 is 0 Å². The van der Waals surface area contributed by atoms with Crippen LogP contribution in [0.4, 0.5) is 0 Å². The standard InChI is InChI=1S/C11H10O3/c1-2-14-11(13)8-5-9-3-6-10(12)7-4-9/h2-8,12H,1H2/b8-5+. The molecule has 1 rings (SSSR count). The third-order valence-corrected chi connectivity index (χ3v) is 1.50. The molecule has 0 aliphatic carbocycles. The topological polar surface area (TPSA) is 46.5 Å². The van der Waals surface area contributed by atoms with E-state index in [-0.39, 0.29) is 5.75 Å². The lowest BCUT2D eigenvalue weighted by Gasteiger charge is -1.93. The summed E-state index contributed by atoms with van der Waals surface area (Å²) in [6.45, 7) is 3.26. The van der Waals surface area contributed by atoms with Gasteiger partial charge < -0.3 is 9.84 Å². The molecule has 3 nitrogen and oxygen atoms in total. The molecule has 0 aromatic heterocycles. The van der Waals surface area contributed by atoms with E-state index in [0.29, 0.717) is 0 Å². The summed E-state index contributed by atoms with van der Waals surface area (Å²) in [5, 5.41) is 8.99. The molecule has 0 spiro atoms. The molecule has 0 fully saturated rings. The molecule has 0 heterocycles. The Bertz CT molecular complexity index is 349. The van der Waals surface area contributed by atoms with E-state index < -0.39 is 5.97 Å². The minimum Gasteiger partial charge on any atom is -0.508 e. The fourth-order valence-corrected chi connectivity index (χ4v) is 0.871. The van der Waals surface area contributed by atoms with Gasteiger partial charge in [-0.3, -0.25) is 0 Å². The van der Waals surface area contributed by atoms with Gasteiger partial charge in [-0.15, -0.1) is 0 Å². The third-order valence-electron chi connectivity index (χ3n) is 1.50. The molecule has 0 bridgehead atoms. The number of aromatic hydroxyl groups is 1. The van der Waals surface area contributed by atoms with Crippen LogP contribution in [0.2, 0.25) is 0 Å². The van der Waals surface area contributed by atoms with Crippen LogP contribution in [-0.4, -0.2) is 11.1 Å². The summed E-state index contributed by atoms with van der Waals surface area (Å²) in [7, 11) is 0. The number of phenols is 1. The van der Waals surface area contributed by atoms with E-state index >= 15 is 0 Å². The van der Waals surface area contributed by atoms with Crippen molar-refractivity contribution in [2.45, 2.75) is 0 Å². The van der Waals surface area contributed by atoms with Crippen LogP contribution in [0.25, 0.3) is 6.08 Å². The number of phenolic OH excluding ortho intramolecular Hbond substituents is 1. The van der Waals surface area contributed by atoms with Crippen molar-refractivity contribution >= 4 is 12.0 Å². The maximum absolute atomic E-state index is 10.9. The Hall–Kier alpha value is -2.03. The van der Waals surface area contributed by atoms with Crippen molar-refractivity contribution in [1.82, 2.24) is 0 Å². The lowest BCUT2D eigenvalue weighted by Crippen LogP contribution is -1.92. The fourth-order valence-electron chi connectivity index (χ4n) is 0.871. The van der Waals surface area contributed by atoms with Crippen molar-refractivity contribution in [1.29, 1.82) is 0 Å². The SMILES string of the molecule is C=COC(=O)/C=C/c1ccc(O)cc1. The van der Waals surface area contributed by atoms with Crippen LogP contribution in [-0.2, 0) is 9.53 Å². The summed E-state index contributed by atoms with van der Waals surface area (Å²) >= 11 is 0. The first kappa shape index (κ1) is 10.1. The maximum atomic E-state index is 10.9. The largest absolute Gasteiger partial charge is 0.508 e. The maximum Gasteiger partial charge on any atom is 0.335 e. The second-order valence-corrected chi connectivity index (χ2v) is 2.53. The van der Waals surface area contributed by atoms with Crippen molar-refractivity contribution in [3.05, 3.63) is 48.7 Å². The molecule has 14 heavy (non-hydrogen) atoms. The molecule has 72 valence electrons. The summed E-state index contributed by atoms with van der Waals surface area (Å²) in [6, 6.07) is 6.46. The summed E-state index contributed by atoms with van der Waals surface area (Å²) < 4.78 is 4.48. The van der Waals surface area contributed by atoms with E-state index in [9.17, 15) is 4.79 Å². The van der Waals surface area contributed by atoms with E-state index in [1.165, 1.54) is 6.08 Å². The number of hydrogen-bond donors (Lipinski definition) is 1. The number of hydrogen-bond acceptors (Lipinski definition) is 3. The Morgan fingerprint density at radius 3 is 2.57 bits per heavy atom. The monoisotopic (exact) mass is 190 g/mol. The zero-order chi connectivity index (χ0) is 10.4. The molecule has 1 N–H and O–H groups in total. The second-order valence-electron chi connectivity index (χ2n) is 2.53. The van der Waals surface area contributed by atoms with Crippen LogP contribution in [0.5, 0.6) is 5.75 Å². The highest BCUT2D eigenvalue weighted by atomic mass is 16.5. The van der Waals surface area contributed by atoms with Crippen molar-refractivity contribution < 1.29 is 14.6 Å². The van der Waals surface area contributed by atoms with Gasteiger partial charge in [-0.2, -0.15) is 0 Å². The molecule has 0 aliphatic rings. The minimum absolute atomic E-state index is 0.191. The zero-order valence-electron chi connectivity index (χ0n) is 7.51. The van der Waals surface area contributed by atoms with Gasteiger partial charge in [0, 0.05) is 6.08 Å². The van der Waals surface area contributed by atoms with E-state index in [1.54, 1.807) is 30.3 Å². The smallest absolute Gasteiger partial charge is 0.335 e. The molecule has 0 aliphatic heterocycles. The lowest BCUT2D eigenvalue weighted by atomic mass is 10.2. The van der Waals surface area contributed by atoms with E-state index in [4.69, 9.17) is 5.11 Å². The summed E-state index contributed by atoms with van der Waals surface area (Å²) in [5.74, 6) is -0.288. The quantitative estimate of drug-likeness (QED) is 0.451. The van der Waals surface area contributed by atoms with Gasteiger partial charge >= 0.3 is 5.97 Å². The van der Waals surface area contributed by atoms with Gasteiger partial charge in [-0.25, -0.2) is 4.79 Å². The molecule has 0 saturated heterocycles. The van der Waals surface area contributed by atoms with Crippen LogP contribution in [0, 0.1) is 0 Å². The van der Waals surface area contributed by atoms with Crippen molar-refractivity contribution in [3.63, 3.8) is 0 Å². The molecule has 1 aromatic carbocycles. The normalized spacial score (nSPS) is 10.0. The molecular formula is C11H10O3. The number of carbonyl (C=O) groups excluding carboxylic acids is 1. The first-order chi connectivity index (χ1) is 6.72. The predicted octanol–water partition coefficient (Wildman–Crippen LogP) is 2.09. The molecule has 0 atom stereocenters. The molecule has 0 unspecified atom stereocenters. The molecule has 0 radical (unpaired) electrons. The Labute approximate surface area is 81.9 Å². The van der Waals surface area contributed by atoms with Crippen molar-refractivity contribution in [2.75, 3.05) is 0 Å². The Morgan fingerprint density at radius 2 is 2.00 bits per heavy atom. The molecule has 1 aromatic rings. The molecule has 0 saturated carbocycles. The summed E-state index contributed by atoms with van der Waals surface area (Å²) in [5.41, 5.74) is 0.809. The lowest BCUT2D eigenvalue weighted by molar-refractivity contribution is -0.132. The number of esters is 1. The second kappa shape index (κ2) is 4.87. The van der Waals surface area contributed by atoms with E-state index in [2.05, 4.69) is 11.3 Å². The van der Waals surface area contributed by atoms with Gasteiger partial charge in [0.2, 0.25) is 0 Å².